The molecule has 3 aliphatic carbocycles. The normalized spacial score (nSPS) is 34.4. The lowest BCUT2D eigenvalue weighted by molar-refractivity contribution is -0.378. The molecule has 204 valence electrons. The summed E-state index contributed by atoms with van der Waals surface area (Å²) in [4.78, 5) is 0. The molecule has 0 saturated heterocycles. The summed E-state index contributed by atoms with van der Waals surface area (Å²) < 4.78 is 79.3. The lowest BCUT2D eigenvalue weighted by Crippen LogP contribution is -2.60. The van der Waals surface area contributed by atoms with Gasteiger partial charge in [0, 0.05) is 5.92 Å². The lowest BCUT2D eigenvalue weighted by Gasteiger charge is -2.44. The van der Waals surface area contributed by atoms with Crippen LogP contribution in [0.4, 0.5) is 26.3 Å². The Bertz CT molecular complexity index is 898. The van der Waals surface area contributed by atoms with Crippen LogP contribution in [0, 0.1) is 29.1 Å². The van der Waals surface area contributed by atoms with Gasteiger partial charge >= 0.3 is 12.4 Å². The lowest BCUT2D eigenvalue weighted by atomic mass is 9.61. The standard InChI is InChI=1S/C28H38F6O2/c1-17-8-12-22(35)16-21(17)11-10-20-6-5-15-25(4)23(13-14-24(20)25)18(2)7-9-19(3)26(36,27(29,30)31)28(32,33)34/h7,9-11,18-19,22-24,35-36H,1,5-6,8,12-16H2,2-4H3/b9-7+,20-10?,21-11?/t18-,19+,22+,23-,24?,25-/m1/s1. The quantitative estimate of drug-likeness (QED) is 0.286. The van der Waals surface area contributed by atoms with E-state index in [9.17, 15) is 36.6 Å². The van der Waals surface area contributed by atoms with Gasteiger partial charge < -0.3 is 10.2 Å². The predicted octanol–water partition coefficient (Wildman–Crippen LogP) is 7.84. The van der Waals surface area contributed by atoms with Gasteiger partial charge in [0.1, 0.15) is 0 Å². The van der Waals surface area contributed by atoms with Gasteiger partial charge in [-0.15, -0.1) is 0 Å². The second-order valence-electron chi connectivity index (χ2n) is 11.3. The first-order valence-electron chi connectivity index (χ1n) is 12.8. The summed E-state index contributed by atoms with van der Waals surface area (Å²) in [5.74, 6) is -2.00. The number of alkyl halides is 6. The molecular weight excluding hydrogens is 482 g/mol. The van der Waals surface area contributed by atoms with E-state index in [1.54, 1.807) is 0 Å². The van der Waals surface area contributed by atoms with Gasteiger partial charge in [-0.05, 0) is 80.1 Å². The van der Waals surface area contributed by atoms with Crippen molar-refractivity contribution in [2.45, 2.75) is 96.2 Å². The summed E-state index contributed by atoms with van der Waals surface area (Å²) in [5, 5.41) is 19.7. The zero-order valence-corrected chi connectivity index (χ0v) is 21.2. The second-order valence-corrected chi connectivity index (χ2v) is 11.3. The summed E-state index contributed by atoms with van der Waals surface area (Å²) >= 11 is 0. The van der Waals surface area contributed by atoms with Crippen molar-refractivity contribution >= 4 is 0 Å². The van der Waals surface area contributed by atoms with Crippen LogP contribution in [0.25, 0.3) is 0 Å². The molecule has 3 fully saturated rings. The smallest absolute Gasteiger partial charge is 0.393 e. The van der Waals surface area contributed by atoms with Crippen molar-refractivity contribution in [1.29, 1.82) is 0 Å². The number of hydrogen-bond donors (Lipinski definition) is 2. The molecule has 3 rings (SSSR count). The Balaban J connectivity index is 1.78. The Morgan fingerprint density at radius 1 is 0.972 bits per heavy atom. The number of hydrogen-bond acceptors (Lipinski definition) is 2. The van der Waals surface area contributed by atoms with Crippen LogP contribution in [0.5, 0.6) is 0 Å². The molecule has 0 aromatic heterocycles. The zero-order chi connectivity index (χ0) is 27.1. The number of fused-ring (bicyclic) bond motifs is 1. The van der Waals surface area contributed by atoms with E-state index >= 15 is 0 Å². The van der Waals surface area contributed by atoms with Gasteiger partial charge in [-0.1, -0.05) is 62.8 Å². The SMILES string of the molecule is C=C1CC[C@H](O)CC1=CC=C1CCC[C@@]2(C)C1CC[C@@H]2[C@H](C)/C=C/[C@H](C)C(O)(C(F)(F)F)C(F)(F)F. The van der Waals surface area contributed by atoms with E-state index in [4.69, 9.17) is 0 Å². The highest BCUT2D eigenvalue weighted by atomic mass is 19.4. The predicted molar refractivity (Wildman–Crippen MR) is 128 cm³/mol. The molecular formula is C28H38F6O2. The maximum Gasteiger partial charge on any atom is 0.426 e. The number of allylic oxidation sites excluding steroid dienone is 5. The number of aliphatic hydroxyl groups is 2. The largest absolute Gasteiger partial charge is 0.426 e. The van der Waals surface area contributed by atoms with Crippen LogP contribution in [0.1, 0.15) is 72.1 Å². The van der Waals surface area contributed by atoms with Crippen LogP contribution >= 0.6 is 0 Å². The van der Waals surface area contributed by atoms with E-state index in [1.807, 2.05) is 6.92 Å². The first-order valence-corrected chi connectivity index (χ1v) is 12.8. The Kier molecular flexibility index (Phi) is 8.32. The average Bonchev–Trinajstić information content (AvgIpc) is 3.13. The Morgan fingerprint density at radius 2 is 1.61 bits per heavy atom. The third-order valence-corrected chi connectivity index (χ3v) is 9.09. The van der Waals surface area contributed by atoms with E-state index in [-0.39, 0.29) is 23.4 Å². The van der Waals surface area contributed by atoms with Gasteiger partial charge in [-0.25, -0.2) is 0 Å². The van der Waals surface area contributed by atoms with Crippen LogP contribution < -0.4 is 0 Å². The van der Waals surface area contributed by atoms with Crippen LogP contribution in [-0.2, 0) is 0 Å². The van der Waals surface area contributed by atoms with Crippen molar-refractivity contribution < 1.29 is 36.6 Å². The Hall–Kier alpha value is -1.54. The monoisotopic (exact) mass is 520 g/mol. The highest BCUT2D eigenvalue weighted by molar-refractivity contribution is 5.36. The second kappa shape index (κ2) is 10.3. The zero-order valence-electron chi connectivity index (χ0n) is 21.2. The first-order chi connectivity index (χ1) is 16.5. The number of aliphatic hydroxyl groups excluding tert-OH is 1. The minimum Gasteiger partial charge on any atom is -0.393 e. The molecule has 0 amide bonds. The molecule has 0 heterocycles. The van der Waals surface area contributed by atoms with Crippen molar-refractivity contribution in [3.8, 4) is 0 Å². The fourth-order valence-corrected chi connectivity index (χ4v) is 6.83. The van der Waals surface area contributed by atoms with E-state index in [2.05, 4.69) is 25.7 Å². The Morgan fingerprint density at radius 3 is 2.22 bits per heavy atom. The van der Waals surface area contributed by atoms with Gasteiger partial charge in [0.05, 0.1) is 6.10 Å². The molecule has 0 aliphatic heterocycles. The Labute approximate surface area is 209 Å². The summed E-state index contributed by atoms with van der Waals surface area (Å²) in [6.45, 7) is 8.91. The maximum atomic E-state index is 13.2. The first kappa shape index (κ1) is 29.0. The highest BCUT2D eigenvalue weighted by Crippen LogP contribution is 2.59. The van der Waals surface area contributed by atoms with Crippen LogP contribution in [-0.4, -0.2) is 34.3 Å². The van der Waals surface area contributed by atoms with Gasteiger partial charge in [0.15, 0.2) is 0 Å². The minimum atomic E-state index is -5.83. The van der Waals surface area contributed by atoms with E-state index < -0.39 is 23.9 Å². The van der Waals surface area contributed by atoms with Crippen molar-refractivity contribution in [2.24, 2.45) is 29.1 Å². The molecule has 1 unspecified atom stereocenters. The molecule has 2 nitrogen and oxygen atoms in total. The molecule has 3 saturated carbocycles. The number of halogens is 6. The van der Waals surface area contributed by atoms with Crippen LogP contribution in [0.15, 0.2) is 47.6 Å². The molecule has 0 radical (unpaired) electrons. The minimum absolute atomic E-state index is 0.108. The van der Waals surface area contributed by atoms with Gasteiger partial charge in [0.25, 0.3) is 5.60 Å². The van der Waals surface area contributed by atoms with Gasteiger partial charge in [-0.3, -0.25) is 0 Å². The van der Waals surface area contributed by atoms with Crippen molar-refractivity contribution in [1.82, 2.24) is 0 Å². The fraction of sp³-hybridized carbons (Fsp3) is 0.714. The molecule has 0 aromatic rings. The molecule has 36 heavy (non-hydrogen) atoms. The van der Waals surface area contributed by atoms with Crippen LogP contribution in [0.2, 0.25) is 0 Å². The molecule has 2 N–H and O–H groups in total. The molecule has 0 spiro atoms. The fourth-order valence-electron chi connectivity index (χ4n) is 6.83. The van der Waals surface area contributed by atoms with Gasteiger partial charge in [0.2, 0.25) is 0 Å². The summed E-state index contributed by atoms with van der Waals surface area (Å²) in [6.07, 6.45) is 1.24. The number of rotatable bonds is 5. The molecule has 8 heteroatoms. The van der Waals surface area contributed by atoms with E-state index in [1.165, 1.54) is 11.6 Å². The van der Waals surface area contributed by atoms with E-state index in [0.29, 0.717) is 12.3 Å². The third-order valence-electron chi connectivity index (χ3n) is 9.09. The average molecular weight is 521 g/mol. The van der Waals surface area contributed by atoms with Gasteiger partial charge in [-0.2, -0.15) is 26.3 Å². The van der Waals surface area contributed by atoms with Crippen molar-refractivity contribution in [2.75, 3.05) is 0 Å². The van der Waals surface area contributed by atoms with Crippen LogP contribution in [0.3, 0.4) is 0 Å². The summed E-state index contributed by atoms with van der Waals surface area (Å²) in [7, 11) is 0. The van der Waals surface area contributed by atoms with E-state index in [0.717, 1.165) is 69.1 Å². The topological polar surface area (TPSA) is 40.5 Å². The van der Waals surface area contributed by atoms with Crippen molar-refractivity contribution in [3.05, 3.63) is 47.6 Å². The molecule has 6 atom stereocenters. The third kappa shape index (κ3) is 5.35. The molecule has 0 bridgehead atoms. The molecule has 0 aromatic carbocycles. The summed E-state index contributed by atoms with van der Waals surface area (Å²) in [5.41, 5.74) is -1.47. The summed E-state index contributed by atoms with van der Waals surface area (Å²) in [6, 6.07) is 0. The maximum absolute atomic E-state index is 13.2. The van der Waals surface area contributed by atoms with Crippen molar-refractivity contribution in [3.63, 3.8) is 0 Å². The molecule has 3 aliphatic rings. The highest BCUT2D eigenvalue weighted by Gasteiger charge is 2.72.